The zero-order valence-corrected chi connectivity index (χ0v) is 16.1. The standard InChI is InChI=1S/C19H14Cl2FN3O3/c1-11-2-3-14(22)9-16(11)25-5-4-24(18(27)19(25)28)10-17(26)23-15-7-12(20)6-13(21)8-15/h2-9H,10H2,1H3,(H,23,26). The summed E-state index contributed by atoms with van der Waals surface area (Å²) in [6.07, 6.45) is 2.60. The summed E-state index contributed by atoms with van der Waals surface area (Å²) < 4.78 is 15.5. The van der Waals surface area contributed by atoms with Crippen molar-refractivity contribution in [1.29, 1.82) is 0 Å². The van der Waals surface area contributed by atoms with Crippen molar-refractivity contribution in [2.45, 2.75) is 13.5 Å². The SMILES string of the molecule is Cc1ccc(F)cc1-n1ccn(CC(=O)Nc2cc(Cl)cc(Cl)c2)c(=O)c1=O. The van der Waals surface area contributed by atoms with Gasteiger partial charge < -0.3 is 5.32 Å². The van der Waals surface area contributed by atoms with Crippen LogP contribution in [-0.4, -0.2) is 15.0 Å². The zero-order chi connectivity index (χ0) is 20.4. The highest BCUT2D eigenvalue weighted by molar-refractivity contribution is 6.35. The van der Waals surface area contributed by atoms with Crippen molar-refractivity contribution in [3.8, 4) is 5.69 Å². The van der Waals surface area contributed by atoms with E-state index in [1.54, 1.807) is 6.92 Å². The second kappa shape index (κ2) is 8.00. The Morgan fingerprint density at radius 1 is 1.04 bits per heavy atom. The van der Waals surface area contributed by atoms with E-state index in [9.17, 15) is 18.8 Å². The molecule has 1 amide bonds. The average molecular weight is 422 g/mol. The fourth-order valence-electron chi connectivity index (χ4n) is 2.65. The molecule has 0 aliphatic rings. The van der Waals surface area contributed by atoms with Gasteiger partial charge in [-0.25, -0.2) is 4.39 Å². The van der Waals surface area contributed by atoms with Crippen LogP contribution in [0.1, 0.15) is 5.56 Å². The second-order valence-electron chi connectivity index (χ2n) is 6.04. The van der Waals surface area contributed by atoms with Gasteiger partial charge in [0.2, 0.25) is 5.91 Å². The Kier molecular flexibility index (Phi) is 5.67. The number of carbonyl (C=O) groups is 1. The van der Waals surface area contributed by atoms with E-state index in [0.29, 0.717) is 21.3 Å². The highest BCUT2D eigenvalue weighted by atomic mass is 35.5. The van der Waals surface area contributed by atoms with Crippen LogP contribution < -0.4 is 16.4 Å². The average Bonchev–Trinajstić information content (AvgIpc) is 2.60. The highest BCUT2D eigenvalue weighted by Gasteiger charge is 2.12. The molecule has 0 aliphatic heterocycles. The van der Waals surface area contributed by atoms with Crippen LogP contribution in [0, 0.1) is 12.7 Å². The van der Waals surface area contributed by atoms with Crippen molar-refractivity contribution in [1.82, 2.24) is 9.13 Å². The first-order valence-electron chi connectivity index (χ1n) is 8.09. The molecule has 144 valence electrons. The number of nitrogens with one attached hydrogen (secondary N) is 1. The van der Waals surface area contributed by atoms with Crippen molar-refractivity contribution in [3.63, 3.8) is 0 Å². The number of hydrogen-bond donors (Lipinski definition) is 1. The lowest BCUT2D eigenvalue weighted by Gasteiger charge is -2.11. The quantitative estimate of drug-likeness (QED) is 0.656. The van der Waals surface area contributed by atoms with E-state index < -0.39 is 22.8 Å². The number of halogens is 3. The normalized spacial score (nSPS) is 10.7. The molecule has 9 heteroatoms. The molecule has 0 saturated carbocycles. The van der Waals surface area contributed by atoms with E-state index in [-0.39, 0.29) is 12.2 Å². The van der Waals surface area contributed by atoms with Crippen molar-refractivity contribution in [3.05, 3.63) is 90.9 Å². The Morgan fingerprint density at radius 3 is 2.39 bits per heavy atom. The van der Waals surface area contributed by atoms with E-state index in [0.717, 1.165) is 15.2 Å². The molecule has 0 radical (unpaired) electrons. The van der Waals surface area contributed by atoms with Gasteiger partial charge in [0.05, 0.1) is 5.69 Å². The van der Waals surface area contributed by atoms with E-state index in [1.807, 2.05) is 0 Å². The molecule has 3 aromatic rings. The molecule has 0 unspecified atom stereocenters. The zero-order valence-electron chi connectivity index (χ0n) is 14.6. The Balaban J connectivity index is 1.87. The molecule has 0 fully saturated rings. The number of benzene rings is 2. The number of rotatable bonds is 4. The minimum atomic E-state index is -0.912. The lowest BCUT2D eigenvalue weighted by molar-refractivity contribution is -0.116. The summed E-state index contributed by atoms with van der Waals surface area (Å²) >= 11 is 11.8. The van der Waals surface area contributed by atoms with Gasteiger partial charge in [-0.2, -0.15) is 0 Å². The summed E-state index contributed by atoms with van der Waals surface area (Å²) in [7, 11) is 0. The van der Waals surface area contributed by atoms with Gasteiger partial charge in [0.1, 0.15) is 12.4 Å². The van der Waals surface area contributed by atoms with Gasteiger partial charge in [0.15, 0.2) is 0 Å². The van der Waals surface area contributed by atoms with Crippen LogP contribution >= 0.6 is 23.2 Å². The number of nitrogens with zero attached hydrogens (tertiary/aromatic N) is 2. The summed E-state index contributed by atoms with van der Waals surface area (Å²) in [5.41, 5.74) is -0.567. The fraction of sp³-hybridized carbons (Fsp3) is 0.105. The third-order valence-electron chi connectivity index (χ3n) is 3.95. The molecule has 3 rings (SSSR count). The molecule has 0 saturated heterocycles. The number of amides is 1. The molecule has 1 aromatic heterocycles. The minimum Gasteiger partial charge on any atom is -0.324 e. The Morgan fingerprint density at radius 2 is 1.71 bits per heavy atom. The van der Waals surface area contributed by atoms with Crippen molar-refractivity contribution < 1.29 is 9.18 Å². The van der Waals surface area contributed by atoms with Gasteiger partial charge in [-0.05, 0) is 42.8 Å². The van der Waals surface area contributed by atoms with Crippen molar-refractivity contribution in [2.75, 3.05) is 5.32 Å². The molecular formula is C19H14Cl2FN3O3. The monoisotopic (exact) mass is 421 g/mol. The Hall–Kier alpha value is -2.90. The number of anilines is 1. The van der Waals surface area contributed by atoms with Crippen molar-refractivity contribution in [2.24, 2.45) is 0 Å². The van der Waals surface area contributed by atoms with E-state index in [4.69, 9.17) is 23.2 Å². The van der Waals surface area contributed by atoms with Crippen LogP contribution in [0.15, 0.2) is 58.4 Å². The first-order chi connectivity index (χ1) is 13.2. The van der Waals surface area contributed by atoms with Gasteiger partial charge in [0, 0.05) is 28.1 Å². The third-order valence-corrected chi connectivity index (χ3v) is 4.39. The Bertz CT molecular complexity index is 1170. The summed E-state index contributed by atoms with van der Waals surface area (Å²) in [6.45, 7) is 1.30. The Labute approximate surface area is 168 Å². The van der Waals surface area contributed by atoms with Crippen LogP contribution in [0.25, 0.3) is 5.69 Å². The summed E-state index contributed by atoms with van der Waals surface area (Å²) in [5.74, 6) is -1.07. The largest absolute Gasteiger partial charge is 0.324 e. The number of aryl methyl sites for hydroxylation is 1. The predicted octanol–water partition coefficient (Wildman–Crippen LogP) is 3.39. The topological polar surface area (TPSA) is 73.1 Å². The van der Waals surface area contributed by atoms with Gasteiger partial charge in [-0.1, -0.05) is 29.3 Å². The maximum atomic E-state index is 13.5. The fourth-order valence-corrected chi connectivity index (χ4v) is 3.17. The van der Waals surface area contributed by atoms with Crippen LogP contribution in [0.5, 0.6) is 0 Å². The molecule has 0 atom stereocenters. The molecule has 0 bridgehead atoms. The molecule has 2 aromatic carbocycles. The van der Waals surface area contributed by atoms with Crippen molar-refractivity contribution >= 4 is 34.8 Å². The van der Waals surface area contributed by atoms with Crippen LogP contribution in [0.2, 0.25) is 10.0 Å². The first-order valence-corrected chi connectivity index (χ1v) is 8.85. The third kappa shape index (κ3) is 4.32. The lowest BCUT2D eigenvalue weighted by atomic mass is 10.2. The molecule has 0 spiro atoms. The van der Waals surface area contributed by atoms with E-state index in [1.165, 1.54) is 42.7 Å². The number of carbonyl (C=O) groups excluding carboxylic acids is 1. The molecule has 1 heterocycles. The molecule has 0 aliphatic carbocycles. The summed E-state index contributed by atoms with van der Waals surface area (Å²) in [6, 6.07) is 8.44. The van der Waals surface area contributed by atoms with Crippen LogP contribution in [0.4, 0.5) is 10.1 Å². The molecule has 1 N–H and O–H groups in total. The summed E-state index contributed by atoms with van der Waals surface area (Å²) in [5, 5.41) is 3.24. The second-order valence-corrected chi connectivity index (χ2v) is 6.92. The van der Waals surface area contributed by atoms with Gasteiger partial charge in [-0.3, -0.25) is 23.5 Å². The van der Waals surface area contributed by atoms with E-state index >= 15 is 0 Å². The lowest BCUT2D eigenvalue weighted by Crippen LogP contribution is -2.41. The maximum Gasteiger partial charge on any atom is 0.320 e. The highest BCUT2D eigenvalue weighted by Crippen LogP contribution is 2.22. The smallest absolute Gasteiger partial charge is 0.320 e. The van der Waals surface area contributed by atoms with Gasteiger partial charge >= 0.3 is 11.1 Å². The minimum absolute atomic E-state index is 0.257. The van der Waals surface area contributed by atoms with Crippen LogP contribution in [-0.2, 0) is 11.3 Å². The van der Waals surface area contributed by atoms with Crippen LogP contribution in [0.3, 0.4) is 0 Å². The predicted molar refractivity (Wildman–Crippen MR) is 106 cm³/mol. The summed E-state index contributed by atoms with van der Waals surface area (Å²) in [4.78, 5) is 37.0. The maximum absolute atomic E-state index is 13.5. The van der Waals surface area contributed by atoms with Gasteiger partial charge in [-0.15, -0.1) is 0 Å². The molecular weight excluding hydrogens is 408 g/mol. The van der Waals surface area contributed by atoms with E-state index in [2.05, 4.69) is 5.32 Å². The van der Waals surface area contributed by atoms with Gasteiger partial charge in [0.25, 0.3) is 0 Å². The first kappa shape index (κ1) is 19.9. The number of aromatic nitrogens is 2. The molecule has 28 heavy (non-hydrogen) atoms. The number of hydrogen-bond acceptors (Lipinski definition) is 3. The molecule has 6 nitrogen and oxygen atoms in total.